The van der Waals surface area contributed by atoms with E-state index in [-0.39, 0.29) is 0 Å². The molecular weight excluding hydrogens is 318 g/mol. The van der Waals surface area contributed by atoms with Crippen molar-refractivity contribution in [2.24, 2.45) is 5.92 Å². The maximum atomic E-state index is 5.70. The lowest BCUT2D eigenvalue weighted by Gasteiger charge is -2.23. The van der Waals surface area contributed by atoms with Crippen LogP contribution >= 0.6 is 15.9 Å². The summed E-state index contributed by atoms with van der Waals surface area (Å²) in [6.45, 7) is 5.84. The Bertz CT molecular complexity index is 438. The van der Waals surface area contributed by atoms with E-state index >= 15 is 0 Å². The molecule has 0 amide bonds. The molecule has 0 bridgehead atoms. The van der Waals surface area contributed by atoms with Gasteiger partial charge in [-0.05, 0) is 60.4 Å². The number of halogens is 1. The maximum absolute atomic E-state index is 5.70. The Balaban J connectivity index is 2.12. The minimum absolute atomic E-state index is 0.330. The van der Waals surface area contributed by atoms with Crippen LogP contribution in [0.3, 0.4) is 0 Å². The van der Waals surface area contributed by atoms with E-state index in [2.05, 4.69) is 53.3 Å². The van der Waals surface area contributed by atoms with Crippen molar-refractivity contribution in [2.45, 2.75) is 38.8 Å². The van der Waals surface area contributed by atoms with Crippen LogP contribution in [0.15, 0.2) is 22.7 Å². The standard InChI is InChI=1S/C16H24BrNO2/c1-4-7-19-15-6-5-12(9-14(15)17)16(18-3)13-8-11(2)20-10-13/h5-6,9,11,13,16,18H,4,7-8,10H2,1-3H3. The number of ether oxygens (including phenoxy) is 2. The van der Waals surface area contributed by atoms with Crippen LogP contribution in [0, 0.1) is 5.92 Å². The molecule has 3 atom stereocenters. The second-order valence-corrected chi connectivity index (χ2v) is 6.30. The molecule has 1 aromatic rings. The summed E-state index contributed by atoms with van der Waals surface area (Å²) in [7, 11) is 2.02. The van der Waals surface area contributed by atoms with Crippen LogP contribution in [0.1, 0.15) is 38.3 Å². The van der Waals surface area contributed by atoms with Crippen LogP contribution in [-0.2, 0) is 4.74 Å². The number of nitrogens with one attached hydrogen (secondary N) is 1. The third kappa shape index (κ3) is 3.74. The van der Waals surface area contributed by atoms with Crippen molar-refractivity contribution in [3.8, 4) is 5.75 Å². The quantitative estimate of drug-likeness (QED) is 0.850. The zero-order valence-corrected chi connectivity index (χ0v) is 14.1. The first-order valence-electron chi connectivity index (χ1n) is 7.36. The van der Waals surface area contributed by atoms with E-state index in [0.717, 1.165) is 36.3 Å². The SMILES string of the molecule is CCCOc1ccc(C(NC)C2COC(C)C2)cc1Br. The molecule has 1 N–H and O–H groups in total. The molecule has 0 radical (unpaired) electrons. The molecule has 112 valence electrons. The van der Waals surface area contributed by atoms with Gasteiger partial charge in [0.25, 0.3) is 0 Å². The van der Waals surface area contributed by atoms with E-state index in [1.807, 2.05) is 7.05 Å². The lowest BCUT2D eigenvalue weighted by Crippen LogP contribution is -2.25. The van der Waals surface area contributed by atoms with Gasteiger partial charge in [0.1, 0.15) is 5.75 Å². The molecule has 0 spiro atoms. The number of hydrogen-bond donors (Lipinski definition) is 1. The Morgan fingerprint density at radius 3 is 2.85 bits per heavy atom. The van der Waals surface area contributed by atoms with Crippen molar-refractivity contribution < 1.29 is 9.47 Å². The van der Waals surface area contributed by atoms with Gasteiger partial charge in [-0.1, -0.05) is 13.0 Å². The van der Waals surface area contributed by atoms with Crippen molar-refractivity contribution in [3.63, 3.8) is 0 Å². The van der Waals surface area contributed by atoms with Crippen LogP contribution in [-0.4, -0.2) is 26.4 Å². The van der Waals surface area contributed by atoms with Crippen molar-refractivity contribution in [1.29, 1.82) is 0 Å². The average Bonchev–Trinajstić information content (AvgIpc) is 2.85. The van der Waals surface area contributed by atoms with E-state index < -0.39 is 0 Å². The highest BCUT2D eigenvalue weighted by molar-refractivity contribution is 9.10. The molecule has 1 heterocycles. The lowest BCUT2D eigenvalue weighted by atomic mass is 9.91. The molecule has 1 aromatic carbocycles. The van der Waals surface area contributed by atoms with Crippen molar-refractivity contribution in [2.75, 3.05) is 20.3 Å². The predicted molar refractivity (Wildman–Crippen MR) is 85.2 cm³/mol. The first-order chi connectivity index (χ1) is 9.65. The van der Waals surface area contributed by atoms with Gasteiger partial charge in [0.2, 0.25) is 0 Å². The van der Waals surface area contributed by atoms with Gasteiger partial charge in [0.15, 0.2) is 0 Å². The lowest BCUT2D eigenvalue weighted by molar-refractivity contribution is 0.117. The van der Waals surface area contributed by atoms with Crippen molar-refractivity contribution >= 4 is 15.9 Å². The van der Waals surface area contributed by atoms with Gasteiger partial charge in [-0.25, -0.2) is 0 Å². The summed E-state index contributed by atoms with van der Waals surface area (Å²) >= 11 is 3.61. The first-order valence-corrected chi connectivity index (χ1v) is 8.16. The third-order valence-corrected chi connectivity index (χ3v) is 4.41. The van der Waals surface area contributed by atoms with Crippen molar-refractivity contribution in [1.82, 2.24) is 5.32 Å². The van der Waals surface area contributed by atoms with Crippen LogP contribution in [0.4, 0.5) is 0 Å². The molecule has 3 nitrogen and oxygen atoms in total. The molecule has 1 fully saturated rings. The van der Waals surface area contributed by atoms with Crippen LogP contribution in [0.2, 0.25) is 0 Å². The molecule has 2 rings (SSSR count). The summed E-state index contributed by atoms with van der Waals surface area (Å²) in [5.41, 5.74) is 1.28. The van der Waals surface area contributed by atoms with E-state index in [9.17, 15) is 0 Å². The molecule has 1 aliphatic heterocycles. The van der Waals surface area contributed by atoms with Crippen LogP contribution < -0.4 is 10.1 Å². The summed E-state index contributed by atoms with van der Waals surface area (Å²) in [5.74, 6) is 1.45. The normalized spacial score (nSPS) is 23.8. The molecule has 0 aromatic heterocycles. The van der Waals surface area contributed by atoms with Gasteiger partial charge in [-0.3, -0.25) is 0 Å². The minimum Gasteiger partial charge on any atom is -0.492 e. The molecule has 0 aliphatic carbocycles. The Hall–Kier alpha value is -0.580. The number of hydrogen-bond acceptors (Lipinski definition) is 3. The van der Waals surface area contributed by atoms with Gasteiger partial charge < -0.3 is 14.8 Å². The van der Waals surface area contributed by atoms with E-state index in [0.29, 0.717) is 18.1 Å². The van der Waals surface area contributed by atoms with Gasteiger partial charge in [0, 0.05) is 12.0 Å². The summed E-state index contributed by atoms with van der Waals surface area (Å²) in [5, 5.41) is 3.43. The molecule has 3 unspecified atom stereocenters. The number of rotatable bonds is 6. The Kier molecular flexibility index (Phi) is 5.87. The highest BCUT2D eigenvalue weighted by atomic mass is 79.9. The minimum atomic E-state index is 0.330. The fourth-order valence-corrected chi connectivity index (χ4v) is 3.31. The summed E-state index contributed by atoms with van der Waals surface area (Å²) in [6, 6.07) is 6.70. The second kappa shape index (κ2) is 7.43. The highest BCUT2D eigenvalue weighted by Crippen LogP contribution is 2.35. The predicted octanol–water partition coefficient (Wildman–Crippen LogP) is 3.92. The Morgan fingerprint density at radius 1 is 1.50 bits per heavy atom. The zero-order chi connectivity index (χ0) is 14.5. The van der Waals surface area contributed by atoms with Crippen LogP contribution in [0.5, 0.6) is 5.75 Å². The van der Waals surface area contributed by atoms with E-state index in [4.69, 9.17) is 9.47 Å². The monoisotopic (exact) mass is 341 g/mol. The van der Waals surface area contributed by atoms with E-state index in [1.165, 1.54) is 5.56 Å². The molecule has 20 heavy (non-hydrogen) atoms. The zero-order valence-electron chi connectivity index (χ0n) is 12.5. The topological polar surface area (TPSA) is 30.5 Å². The second-order valence-electron chi connectivity index (χ2n) is 5.44. The first kappa shape index (κ1) is 15.8. The summed E-state index contributed by atoms with van der Waals surface area (Å²) in [4.78, 5) is 0. The molecular formula is C16H24BrNO2. The molecule has 1 saturated heterocycles. The van der Waals surface area contributed by atoms with Gasteiger partial charge >= 0.3 is 0 Å². The smallest absolute Gasteiger partial charge is 0.133 e. The van der Waals surface area contributed by atoms with Gasteiger partial charge in [0.05, 0.1) is 23.8 Å². The average molecular weight is 342 g/mol. The fraction of sp³-hybridized carbons (Fsp3) is 0.625. The molecule has 1 aliphatic rings. The largest absolute Gasteiger partial charge is 0.492 e. The fourth-order valence-electron chi connectivity index (χ4n) is 2.80. The van der Waals surface area contributed by atoms with Gasteiger partial charge in [-0.2, -0.15) is 0 Å². The third-order valence-electron chi connectivity index (χ3n) is 3.79. The summed E-state index contributed by atoms with van der Waals surface area (Å²) < 4.78 is 12.4. The highest BCUT2D eigenvalue weighted by Gasteiger charge is 2.29. The summed E-state index contributed by atoms with van der Waals surface area (Å²) in [6.07, 6.45) is 2.49. The Morgan fingerprint density at radius 2 is 2.30 bits per heavy atom. The molecule has 0 saturated carbocycles. The van der Waals surface area contributed by atoms with Gasteiger partial charge in [-0.15, -0.1) is 0 Å². The van der Waals surface area contributed by atoms with Crippen molar-refractivity contribution in [3.05, 3.63) is 28.2 Å². The van der Waals surface area contributed by atoms with E-state index in [1.54, 1.807) is 0 Å². The molecule has 4 heteroatoms. The number of benzene rings is 1. The van der Waals surface area contributed by atoms with Crippen LogP contribution in [0.25, 0.3) is 0 Å². The maximum Gasteiger partial charge on any atom is 0.133 e. The Labute approximate surface area is 130 Å².